The van der Waals surface area contributed by atoms with Gasteiger partial charge in [0, 0.05) is 5.56 Å². The number of hydrogen-bond acceptors (Lipinski definition) is 2. The molecule has 0 heterocycles. The van der Waals surface area contributed by atoms with E-state index in [1.54, 1.807) is 25.1 Å². The molecule has 0 aromatic heterocycles. The first-order valence-corrected chi connectivity index (χ1v) is 5.18. The van der Waals surface area contributed by atoms with Crippen molar-refractivity contribution in [3.8, 4) is 0 Å². The number of hydrogen-bond donors (Lipinski definition) is 1. The first-order chi connectivity index (χ1) is 7.15. The molecule has 0 spiro atoms. The third kappa shape index (κ3) is 3.61. The lowest BCUT2D eigenvalue weighted by molar-refractivity contribution is -0.0367. The van der Waals surface area contributed by atoms with Crippen LogP contribution in [0.2, 0.25) is 0 Å². The molecule has 3 heteroatoms. The van der Waals surface area contributed by atoms with Gasteiger partial charge in [0.15, 0.2) is 0 Å². The van der Waals surface area contributed by atoms with E-state index in [1.807, 2.05) is 6.92 Å². The standard InChI is InChI=1S/C12H17FO2/c1-3-12(14)9(2)15-8-10-6-4-5-7-11(10)13/h4-7,9,12,14H,3,8H2,1-2H3. The minimum Gasteiger partial charge on any atom is -0.390 e. The summed E-state index contributed by atoms with van der Waals surface area (Å²) in [5.41, 5.74) is 0.521. The summed E-state index contributed by atoms with van der Waals surface area (Å²) in [4.78, 5) is 0. The van der Waals surface area contributed by atoms with Gasteiger partial charge in [0.1, 0.15) is 5.82 Å². The van der Waals surface area contributed by atoms with Crippen molar-refractivity contribution in [3.05, 3.63) is 35.6 Å². The maximum atomic E-state index is 13.2. The number of ether oxygens (including phenoxy) is 1. The lowest BCUT2D eigenvalue weighted by Gasteiger charge is -2.18. The predicted molar refractivity (Wildman–Crippen MR) is 56.9 cm³/mol. The minimum absolute atomic E-state index is 0.199. The summed E-state index contributed by atoms with van der Waals surface area (Å²) in [5, 5.41) is 9.46. The Morgan fingerprint density at radius 2 is 2.07 bits per heavy atom. The molecule has 0 saturated carbocycles. The molecule has 0 bridgehead atoms. The molecule has 0 aliphatic heterocycles. The highest BCUT2D eigenvalue weighted by Gasteiger charge is 2.12. The van der Waals surface area contributed by atoms with E-state index in [4.69, 9.17) is 4.74 Å². The van der Waals surface area contributed by atoms with Crippen molar-refractivity contribution >= 4 is 0 Å². The van der Waals surface area contributed by atoms with Gasteiger partial charge in [0.05, 0.1) is 18.8 Å². The Hall–Kier alpha value is -0.930. The third-order valence-corrected chi connectivity index (χ3v) is 2.42. The fraction of sp³-hybridized carbons (Fsp3) is 0.500. The normalized spacial score (nSPS) is 14.9. The Morgan fingerprint density at radius 3 is 2.67 bits per heavy atom. The molecule has 1 aromatic rings. The van der Waals surface area contributed by atoms with Gasteiger partial charge in [-0.2, -0.15) is 0 Å². The molecule has 0 fully saturated rings. The zero-order chi connectivity index (χ0) is 11.3. The Labute approximate surface area is 89.7 Å². The molecule has 2 unspecified atom stereocenters. The Morgan fingerprint density at radius 1 is 1.40 bits per heavy atom. The van der Waals surface area contributed by atoms with Crippen LogP contribution in [0.1, 0.15) is 25.8 Å². The zero-order valence-electron chi connectivity index (χ0n) is 9.11. The molecule has 15 heavy (non-hydrogen) atoms. The number of rotatable bonds is 5. The number of aliphatic hydroxyl groups excluding tert-OH is 1. The van der Waals surface area contributed by atoms with E-state index in [-0.39, 0.29) is 18.5 Å². The average Bonchev–Trinajstić information content (AvgIpc) is 2.26. The molecule has 0 aliphatic rings. The van der Waals surface area contributed by atoms with Gasteiger partial charge >= 0.3 is 0 Å². The number of halogens is 1. The zero-order valence-corrected chi connectivity index (χ0v) is 9.11. The van der Waals surface area contributed by atoms with Gasteiger partial charge in [0.25, 0.3) is 0 Å². The van der Waals surface area contributed by atoms with Crippen molar-refractivity contribution in [2.24, 2.45) is 0 Å². The molecule has 1 rings (SSSR count). The Bertz CT molecular complexity index is 301. The molecule has 1 aromatic carbocycles. The van der Waals surface area contributed by atoms with E-state index in [0.29, 0.717) is 12.0 Å². The van der Waals surface area contributed by atoms with Gasteiger partial charge in [-0.1, -0.05) is 25.1 Å². The largest absolute Gasteiger partial charge is 0.390 e. The highest BCUT2D eigenvalue weighted by Crippen LogP contribution is 2.11. The lowest BCUT2D eigenvalue weighted by atomic mass is 10.2. The topological polar surface area (TPSA) is 29.5 Å². The van der Waals surface area contributed by atoms with Crippen molar-refractivity contribution in [2.45, 2.75) is 39.1 Å². The molecule has 0 radical (unpaired) electrons. The van der Waals surface area contributed by atoms with E-state index in [0.717, 1.165) is 0 Å². The molecule has 0 amide bonds. The summed E-state index contributed by atoms with van der Waals surface area (Å²) >= 11 is 0. The smallest absolute Gasteiger partial charge is 0.128 e. The number of benzene rings is 1. The highest BCUT2D eigenvalue weighted by atomic mass is 19.1. The van der Waals surface area contributed by atoms with E-state index in [2.05, 4.69) is 0 Å². The van der Waals surface area contributed by atoms with E-state index in [9.17, 15) is 9.50 Å². The Kier molecular flexibility index (Phi) is 4.72. The van der Waals surface area contributed by atoms with Gasteiger partial charge in [0.2, 0.25) is 0 Å². The SMILES string of the molecule is CCC(O)C(C)OCc1ccccc1F. The number of aliphatic hydroxyl groups is 1. The fourth-order valence-corrected chi connectivity index (χ4v) is 1.28. The quantitative estimate of drug-likeness (QED) is 0.812. The molecule has 2 atom stereocenters. The second kappa shape index (κ2) is 5.83. The average molecular weight is 212 g/mol. The highest BCUT2D eigenvalue weighted by molar-refractivity contribution is 5.16. The van der Waals surface area contributed by atoms with E-state index in [1.165, 1.54) is 6.07 Å². The monoisotopic (exact) mass is 212 g/mol. The predicted octanol–water partition coefficient (Wildman–Crippen LogP) is 2.50. The van der Waals surface area contributed by atoms with Crippen LogP contribution in [0, 0.1) is 5.82 Å². The molecule has 2 nitrogen and oxygen atoms in total. The van der Waals surface area contributed by atoms with Crippen LogP contribution in [0.4, 0.5) is 4.39 Å². The first kappa shape index (κ1) is 12.1. The van der Waals surface area contributed by atoms with Crippen molar-refractivity contribution in [1.82, 2.24) is 0 Å². The maximum absolute atomic E-state index is 13.2. The van der Waals surface area contributed by atoms with Gasteiger partial charge in [-0.15, -0.1) is 0 Å². The summed E-state index contributed by atoms with van der Waals surface area (Å²) in [7, 11) is 0. The summed E-state index contributed by atoms with van der Waals surface area (Å²) in [6, 6.07) is 6.49. The summed E-state index contributed by atoms with van der Waals surface area (Å²) in [5.74, 6) is -0.268. The van der Waals surface area contributed by atoms with Crippen LogP contribution in [0.3, 0.4) is 0 Å². The van der Waals surface area contributed by atoms with Crippen LogP contribution in [0.25, 0.3) is 0 Å². The maximum Gasteiger partial charge on any atom is 0.128 e. The second-order valence-corrected chi connectivity index (χ2v) is 3.58. The van der Waals surface area contributed by atoms with Gasteiger partial charge in [-0.05, 0) is 19.4 Å². The molecule has 0 saturated heterocycles. The van der Waals surface area contributed by atoms with Gasteiger partial charge in [-0.3, -0.25) is 0 Å². The Balaban J connectivity index is 2.47. The summed E-state index contributed by atoms with van der Waals surface area (Å²) < 4.78 is 18.6. The van der Waals surface area contributed by atoms with Crippen LogP contribution < -0.4 is 0 Å². The van der Waals surface area contributed by atoms with E-state index >= 15 is 0 Å². The molecule has 1 N–H and O–H groups in total. The van der Waals surface area contributed by atoms with Crippen LogP contribution in [0.15, 0.2) is 24.3 Å². The fourth-order valence-electron chi connectivity index (χ4n) is 1.28. The first-order valence-electron chi connectivity index (χ1n) is 5.18. The molecule has 84 valence electrons. The molecular formula is C12H17FO2. The van der Waals surface area contributed by atoms with Gasteiger partial charge < -0.3 is 9.84 Å². The van der Waals surface area contributed by atoms with Crippen molar-refractivity contribution in [1.29, 1.82) is 0 Å². The van der Waals surface area contributed by atoms with Crippen molar-refractivity contribution in [2.75, 3.05) is 0 Å². The van der Waals surface area contributed by atoms with Gasteiger partial charge in [-0.25, -0.2) is 4.39 Å². The van der Waals surface area contributed by atoms with Crippen LogP contribution in [0.5, 0.6) is 0 Å². The second-order valence-electron chi connectivity index (χ2n) is 3.58. The van der Waals surface area contributed by atoms with Crippen LogP contribution in [-0.2, 0) is 11.3 Å². The van der Waals surface area contributed by atoms with E-state index < -0.39 is 6.10 Å². The van der Waals surface area contributed by atoms with Crippen molar-refractivity contribution in [3.63, 3.8) is 0 Å². The van der Waals surface area contributed by atoms with Crippen LogP contribution >= 0.6 is 0 Å². The van der Waals surface area contributed by atoms with Crippen LogP contribution in [-0.4, -0.2) is 17.3 Å². The lowest BCUT2D eigenvalue weighted by Crippen LogP contribution is -2.25. The molecular weight excluding hydrogens is 195 g/mol. The molecule has 0 aliphatic carbocycles. The minimum atomic E-state index is -0.489. The summed E-state index contributed by atoms with van der Waals surface area (Å²) in [6.45, 7) is 3.87. The summed E-state index contributed by atoms with van der Waals surface area (Å²) in [6.07, 6.45) is -0.121. The third-order valence-electron chi connectivity index (χ3n) is 2.42. The van der Waals surface area contributed by atoms with Crippen molar-refractivity contribution < 1.29 is 14.2 Å².